The number of carbonyl (C=O) groups is 1. The Hall–Kier alpha value is -4.18. The van der Waals surface area contributed by atoms with Crippen molar-refractivity contribution in [2.24, 2.45) is 0 Å². The molecule has 0 saturated carbocycles. The van der Waals surface area contributed by atoms with Crippen LogP contribution in [-0.2, 0) is 0 Å². The SMILES string of the molecule is COc1cc(-c2nc(C(=O)Nc3ccc(Cl)cc3)nn2-c2ccc(F)c(F)c2)cc(OC)c1OC. The first kappa shape index (κ1) is 24.0. The lowest BCUT2D eigenvalue weighted by molar-refractivity contribution is 0.101. The van der Waals surface area contributed by atoms with E-state index in [0.29, 0.717) is 33.5 Å². The van der Waals surface area contributed by atoms with Crippen LogP contribution in [0.2, 0.25) is 5.02 Å². The van der Waals surface area contributed by atoms with Crippen LogP contribution >= 0.6 is 11.6 Å². The quantitative estimate of drug-likeness (QED) is 0.378. The molecule has 0 spiro atoms. The van der Waals surface area contributed by atoms with Gasteiger partial charge < -0.3 is 19.5 Å². The molecule has 35 heavy (non-hydrogen) atoms. The summed E-state index contributed by atoms with van der Waals surface area (Å²) in [7, 11) is 4.36. The van der Waals surface area contributed by atoms with Gasteiger partial charge in [0.2, 0.25) is 11.6 Å². The van der Waals surface area contributed by atoms with Crippen LogP contribution in [0.4, 0.5) is 14.5 Å². The van der Waals surface area contributed by atoms with Crippen molar-refractivity contribution in [1.29, 1.82) is 0 Å². The molecule has 8 nitrogen and oxygen atoms in total. The lowest BCUT2D eigenvalue weighted by Gasteiger charge is -2.14. The molecule has 11 heteroatoms. The molecule has 0 atom stereocenters. The minimum atomic E-state index is -1.08. The van der Waals surface area contributed by atoms with Gasteiger partial charge in [-0.2, -0.15) is 0 Å². The van der Waals surface area contributed by atoms with Gasteiger partial charge in [0.1, 0.15) is 0 Å². The van der Waals surface area contributed by atoms with E-state index in [9.17, 15) is 13.6 Å². The highest BCUT2D eigenvalue weighted by Gasteiger charge is 2.23. The van der Waals surface area contributed by atoms with Crippen molar-refractivity contribution in [2.75, 3.05) is 26.6 Å². The summed E-state index contributed by atoms with van der Waals surface area (Å²) in [5.41, 5.74) is 1.03. The Balaban J connectivity index is 1.85. The molecule has 0 unspecified atom stereocenters. The van der Waals surface area contributed by atoms with E-state index in [2.05, 4.69) is 15.4 Å². The summed E-state index contributed by atoms with van der Waals surface area (Å²) in [6, 6.07) is 12.9. The van der Waals surface area contributed by atoms with E-state index in [1.807, 2.05) is 0 Å². The Kier molecular flexibility index (Phi) is 6.83. The summed E-state index contributed by atoms with van der Waals surface area (Å²) in [4.78, 5) is 17.3. The largest absolute Gasteiger partial charge is 0.493 e. The van der Waals surface area contributed by atoms with Gasteiger partial charge in [0.05, 0.1) is 27.0 Å². The van der Waals surface area contributed by atoms with E-state index >= 15 is 0 Å². The second-order valence-corrected chi connectivity index (χ2v) is 7.58. The molecule has 0 saturated heterocycles. The predicted molar refractivity (Wildman–Crippen MR) is 126 cm³/mol. The molecule has 0 aliphatic heterocycles. The molecular weight excluding hydrogens is 482 g/mol. The van der Waals surface area contributed by atoms with Crippen LogP contribution in [0.3, 0.4) is 0 Å². The van der Waals surface area contributed by atoms with Crippen LogP contribution in [0, 0.1) is 11.6 Å². The van der Waals surface area contributed by atoms with Gasteiger partial charge in [0.15, 0.2) is 29.0 Å². The van der Waals surface area contributed by atoms with Gasteiger partial charge in [-0.25, -0.2) is 18.4 Å². The normalized spacial score (nSPS) is 10.7. The zero-order valence-electron chi connectivity index (χ0n) is 18.8. The zero-order valence-corrected chi connectivity index (χ0v) is 19.6. The molecular formula is C24H19ClF2N4O4. The number of amides is 1. The molecule has 1 aromatic heterocycles. The van der Waals surface area contributed by atoms with Crippen molar-refractivity contribution < 1.29 is 27.8 Å². The first-order valence-electron chi connectivity index (χ1n) is 10.1. The van der Waals surface area contributed by atoms with Gasteiger partial charge in [0, 0.05) is 22.3 Å². The van der Waals surface area contributed by atoms with Gasteiger partial charge in [0.25, 0.3) is 5.91 Å². The maximum Gasteiger partial charge on any atom is 0.295 e. The predicted octanol–water partition coefficient (Wildman–Crippen LogP) is 5.14. The smallest absolute Gasteiger partial charge is 0.295 e. The van der Waals surface area contributed by atoms with Crippen molar-refractivity contribution in [2.45, 2.75) is 0 Å². The number of ether oxygens (including phenoxy) is 3. The van der Waals surface area contributed by atoms with E-state index in [0.717, 1.165) is 12.1 Å². The second-order valence-electron chi connectivity index (χ2n) is 7.14. The summed E-state index contributed by atoms with van der Waals surface area (Å²) in [5.74, 6) is -1.79. The summed E-state index contributed by atoms with van der Waals surface area (Å²) in [6.45, 7) is 0. The Morgan fingerprint density at radius 3 is 2.14 bits per heavy atom. The Bertz CT molecular complexity index is 1370. The third kappa shape index (κ3) is 4.87. The molecule has 4 aromatic rings. The van der Waals surface area contributed by atoms with Crippen LogP contribution in [0.25, 0.3) is 17.1 Å². The average Bonchev–Trinajstić information content (AvgIpc) is 3.32. The van der Waals surface area contributed by atoms with E-state index < -0.39 is 17.5 Å². The fourth-order valence-corrected chi connectivity index (χ4v) is 3.45. The maximum atomic E-state index is 14.0. The van der Waals surface area contributed by atoms with E-state index in [-0.39, 0.29) is 17.3 Å². The molecule has 0 aliphatic carbocycles. The summed E-state index contributed by atoms with van der Waals surface area (Å²) < 4.78 is 45.0. The van der Waals surface area contributed by atoms with Gasteiger partial charge in [-0.1, -0.05) is 11.6 Å². The summed E-state index contributed by atoms with van der Waals surface area (Å²) >= 11 is 5.89. The van der Waals surface area contributed by atoms with Gasteiger partial charge in [-0.3, -0.25) is 4.79 Å². The van der Waals surface area contributed by atoms with Gasteiger partial charge in [-0.05, 0) is 48.5 Å². The summed E-state index contributed by atoms with van der Waals surface area (Å²) in [5, 5.41) is 7.44. The van der Waals surface area contributed by atoms with Gasteiger partial charge >= 0.3 is 0 Å². The number of hydrogen-bond acceptors (Lipinski definition) is 6. The lowest BCUT2D eigenvalue weighted by Crippen LogP contribution is -2.14. The van der Waals surface area contributed by atoms with Crippen LogP contribution in [-0.4, -0.2) is 42.0 Å². The van der Waals surface area contributed by atoms with E-state index in [1.54, 1.807) is 36.4 Å². The molecule has 0 aliphatic rings. The highest BCUT2D eigenvalue weighted by Crippen LogP contribution is 2.41. The number of halogens is 3. The molecule has 4 rings (SSSR count). The molecule has 1 N–H and O–H groups in total. The average molecular weight is 501 g/mol. The molecule has 1 heterocycles. The molecule has 3 aromatic carbocycles. The van der Waals surface area contributed by atoms with Crippen molar-refractivity contribution in [3.05, 3.63) is 77.1 Å². The number of methoxy groups -OCH3 is 3. The Morgan fingerprint density at radius 1 is 0.914 bits per heavy atom. The van der Waals surface area contributed by atoms with Crippen LogP contribution in [0.1, 0.15) is 10.6 Å². The first-order valence-corrected chi connectivity index (χ1v) is 10.5. The topological polar surface area (TPSA) is 87.5 Å². The number of rotatable bonds is 7. The number of nitrogens with zero attached hydrogens (tertiary/aromatic N) is 3. The highest BCUT2D eigenvalue weighted by molar-refractivity contribution is 6.30. The van der Waals surface area contributed by atoms with Crippen molar-refractivity contribution in [1.82, 2.24) is 14.8 Å². The highest BCUT2D eigenvalue weighted by atomic mass is 35.5. The number of hydrogen-bond donors (Lipinski definition) is 1. The van der Waals surface area contributed by atoms with Crippen LogP contribution in [0.5, 0.6) is 17.2 Å². The number of aromatic nitrogens is 3. The number of nitrogens with one attached hydrogen (secondary N) is 1. The molecule has 180 valence electrons. The maximum absolute atomic E-state index is 14.0. The van der Waals surface area contributed by atoms with Gasteiger partial charge in [-0.15, -0.1) is 5.10 Å². The van der Waals surface area contributed by atoms with Crippen molar-refractivity contribution in [3.63, 3.8) is 0 Å². The third-order valence-electron chi connectivity index (χ3n) is 4.98. The monoisotopic (exact) mass is 500 g/mol. The van der Waals surface area contributed by atoms with Crippen molar-refractivity contribution >= 4 is 23.2 Å². The van der Waals surface area contributed by atoms with Crippen molar-refractivity contribution in [3.8, 4) is 34.3 Å². The lowest BCUT2D eigenvalue weighted by atomic mass is 10.1. The van der Waals surface area contributed by atoms with Crippen LogP contribution in [0.15, 0.2) is 54.6 Å². The molecule has 1 amide bonds. The first-order chi connectivity index (χ1) is 16.8. The third-order valence-corrected chi connectivity index (χ3v) is 5.23. The fraction of sp³-hybridized carbons (Fsp3) is 0.125. The molecule has 0 bridgehead atoms. The Labute approximate surface area is 204 Å². The van der Waals surface area contributed by atoms with E-state index in [4.69, 9.17) is 25.8 Å². The number of benzene rings is 3. The molecule has 0 radical (unpaired) electrons. The summed E-state index contributed by atoms with van der Waals surface area (Å²) in [6.07, 6.45) is 0. The standard InChI is InChI=1S/C24H19ClF2N4O4/c1-33-19-10-13(11-20(34-2)21(19)35-3)23-29-22(24(32)28-15-6-4-14(25)5-7-15)30-31(23)16-8-9-17(26)18(27)12-16/h4-12H,1-3H3,(H,28,32). The Morgan fingerprint density at radius 2 is 1.57 bits per heavy atom. The number of carbonyl (C=O) groups excluding carboxylic acids is 1. The number of anilines is 1. The minimum absolute atomic E-state index is 0.144. The zero-order chi connectivity index (χ0) is 25.1. The minimum Gasteiger partial charge on any atom is -0.493 e. The molecule has 0 fully saturated rings. The fourth-order valence-electron chi connectivity index (χ4n) is 3.32. The van der Waals surface area contributed by atoms with Crippen LogP contribution < -0.4 is 19.5 Å². The van der Waals surface area contributed by atoms with E-state index in [1.165, 1.54) is 32.1 Å². The second kappa shape index (κ2) is 9.98.